The highest BCUT2D eigenvalue weighted by molar-refractivity contribution is 6.31. The molecule has 0 saturated heterocycles. The number of halogens is 1. The average Bonchev–Trinajstić information content (AvgIpc) is 2.52. The molecule has 2 aromatic rings. The van der Waals surface area contributed by atoms with E-state index in [9.17, 15) is 4.79 Å². The molecule has 0 aliphatic rings. The summed E-state index contributed by atoms with van der Waals surface area (Å²) in [6, 6.07) is 16.4. The van der Waals surface area contributed by atoms with Crippen LogP contribution in [0, 0.1) is 11.3 Å². The van der Waals surface area contributed by atoms with E-state index in [1.54, 1.807) is 30.3 Å². The van der Waals surface area contributed by atoms with Crippen LogP contribution < -0.4 is 10.6 Å². The summed E-state index contributed by atoms with van der Waals surface area (Å²) in [7, 11) is 0. The standard InChI is InChI=1S/C16H14ClN3O/c17-15-4-2-1-3-13(15)10-20-16(21)11-19-14-7-5-12(9-18)6-8-14/h1-8,19H,10-11H2,(H,20,21). The lowest BCUT2D eigenvalue weighted by molar-refractivity contribution is -0.119. The summed E-state index contributed by atoms with van der Waals surface area (Å²) in [4.78, 5) is 11.8. The molecule has 0 fully saturated rings. The van der Waals surface area contributed by atoms with Crippen LogP contribution in [-0.2, 0) is 11.3 Å². The number of hydrogen-bond donors (Lipinski definition) is 2. The number of amides is 1. The van der Waals surface area contributed by atoms with E-state index in [1.807, 2.05) is 24.3 Å². The molecule has 0 aliphatic heterocycles. The average molecular weight is 300 g/mol. The molecule has 0 saturated carbocycles. The summed E-state index contributed by atoms with van der Waals surface area (Å²) < 4.78 is 0. The van der Waals surface area contributed by atoms with Gasteiger partial charge in [0.25, 0.3) is 0 Å². The molecule has 0 unspecified atom stereocenters. The zero-order valence-corrected chi connectivity index (χ0v) is 12.0. The van der Waals surface area contributed by atoms with E-state index in [-0.39, 0.29) is 12.5 Å². The van der Waals surface area contributed by atoms with E-state index in [0.29, 0.717) is 17.1 Å². The molecule has 106 valence electrons. The van der Waals surface area contributed by atoms with Crippen LogP contribution in [0.1, 0.15) is 11.1 Å². The maximum Gasteiger partial charge on any atom is 0.239 e. The Hall–Kier alpha value is -2.51. The normalized spacial score (nSPS) is 9.71. The Balaban J connectivity index is 1.79. The molecule has 0 aliphatic carbocycles. The molecular weight excluding hydrogens is 286 g/mol. The molecular formula is C16H14ClN3O. The van der Waals surface area contributed by atoms with Crippen LogP contribution >= 0.6 is 11.6 Å². The van der Waals surface area contributed by atoms with Crippen LogP contribution in [0.25, 0.3) is 0 Å². The van der Waals surface area contributed by atoms with Gasteiger partial charge in [0.2, 0.25) is 5.91 Å². The molecule has 4 nitrogen and oxygen atoms in total. The molecule has 0 bridgehead atoms. The van der Waals surface area contributed by atoms with Gasteiger partial charge in [0.15, 0.2) is 0 Å². The summed E-state index contributed by atoms with van der Waals surface area (Å²) in [6.07, 6.45) is 0. The molecule has 5 heteroatoms. The first-order chi connectivity index (χ1) is 10.2. The van der Waals surface area contributed by atoms with Crippen molar-refractivity contribution in [2.75, 3.05) is 11.9 Å². The van der Waals surface area contributed by atoms with Gasteiger partial charge in [0, 0.05) is 17.3 Å². The van der Waals surface area contributed by atoms with Crippen LogP contribution in [0.4, 0.5) is 5.69 Å². The third-order valence-electron chi connectivity index (χ3n) is 2.90. The number of hydrogen-bond acceptors (Lipinski definition) is 3. The van der Waals surface area contributed by atoms with Gasteiger partial charge >= 0.3 is 0 Å². The first-order valence-corrected chi connectivity index (χ1v) is 6.81. The van der Waals surface area contributed by atoms with Crippen LogP contribution in [-0.4, -0.2) is 12.5 Å². The summed E-state index contributed by atoms with van der Waals surface area (Å²) in [5.41, 5.74) is 2.26. The maximum absolute atomic E-state index is 11.8. The highest BCUT2D eigenvalue weighted by Gasteiger charge is 2.03. The van der Waals surface area contributed by atoms with Gasteiger partial charge in [0.1, 0.15) is 0 Å². The SMILES string of the molecule is N#Cc1ccc(NCC(=O)NCc2ccccc2Cl)cc1. The quantitative estimate of drug-likeness (QED) is 0.892. The Kier molecular flexibility index (Phi) is 5.19. The number of anilines is 1. The van der Waals surface area contributed by atoms with Crippen molar-refractivity contribution in [3.05, 3.63) is 64.7 Å². The van der Waals surface area contributed by atoms with Crippen molar-refractivity contribution < 1.29 is 4.79 Å². The number of carbonyl (C=O) groups is 1. The number of nitrogens with zero attached hydrogens (tertiary/aromatic N) is 1. The molecule has 0 atom stereocenters. The van der Waals surface area contributed by atoms with Gasteiger partial charge in [-0.2, -0.15) is 5.26 Å². The number of carbonyl (C=O) groups excluding carboxylic acids is 1. The Morgan fingerprint density at radius 3 is 2.52 bits per heavy atom. The van der Waals surface area contributed by atoms with E-state index in [0.717, 1.165) is 11.3 Å². The highest BCUT2D eigenvalue weighted by Crippen LogP contribution is 2.14. The number of nitriles is 1. The zero-order valence-electron chi connectivity index (χ0n) is 11.3. The number of nitrogens with one attached hydrogen (secondary N) is 2. The van der Waals surface area contributed by atoms with Crippen molar-refractivity contribution >= 4 is 23.2 Å². The largest absolute Gasteiger partial charge is 0.376 e. The molecule has 2 aromatic carbocycles. The van der Waals surface area contributed by atoms with Gasteiger partial charge in [-0.15, -0.1) is 0 Å². The fourth-order valence-electron chi connectivity index (χ4n) is 1.74. The van der Waals surface area contributed by atoms with E-state index < -0.39 is 0 Å². The zero-order chi connectivity index (χ0) is 15.1. The van der Waals surface area contributed by atoms with Gasteiger partial charge in [-0.3, -0.25) is 4.79 Å². The Labute approximate surface area is 128 Å². The summed E-state index contributed by atoms with van der Waals surface area (Å²) in [6.45, 7) is 0.559. The van der Waals surface area contributed by atoms with Gasteiger partial charge in [-0.1, -0.05) is 29.8 Å². The second-order valence-corrected chi connectivity index (χ2v) is 4.82. The Morgan fingerprint density at radius 2 is 1.86 bits per heavy atom. The van der Waals surface area contributed by atoms with E-state index >= 15 is 0 Å². The lowest BCUT2D eigenvalue weighted by atomic mass is 10.2. The fraction of sp³-hybridized carbons (Fsp3) is 0.125. The molecule has 2 rings (SSSR count). The third-order valence-corrected chi connectivity index (χ3v) is 3.27. The van der Waals surface area contributed by atoms with Crippen molar-refractivity contribution in [2.24, 2.45) is 0 Å². The minimum Gasteiger partial charge on any atom is -0.376 e. The Bertz CT molecular complexity index is 662. The summed E-state index contributed by atoms with van der Waals surface area (Å²) in [5.74, 6) is -0.126. The van der Waals surface area contributed by atoms with E-state index in [1.165, 1.54) is 0 Å². The molecule has 2 N–H and O–H groups in total. The van der Waals surface area contributed by atoms with Crippen molar-refractivity contribution in [1.29, 1.82) is 5.26 Å². The van der Waals surface area contributed by atoms with Crippen LogP contribution in [0.2, 0.25) is 5.02 Å². The highest BCUT2D eigenvalue weighted by atomic mass is 35.5. The monoisotopic (exact) mass is 299 g/mol. The second-order valence-electron chi connectivity index (χ2n) is 4.41. The lowest BCUT2D eigenvalue weighted by Crippen LogP contribution is -2.29. The van der Waals surface area contributed by atoms with Gasteiger partial charge in [-0.25, -0.2) is 0 Å². The van der Waals surface area contributed by atoms with Gasteiger partial charge in [-0.05, 0) is 35.9 Å². The smallest absolute Gasteiger partial charge is 0.239 e. The fourth-order valence-corrected chi connectivity index (χ4v) is 1.95. The minimum atomic E-state index is -0.126. The van der Waals surface area contributed by atoms with E-state index in [2.05, 4.69) is 10.6 Å². The van der Waals surface area contributed by atoms with Crippen molar-refractivity contribution in [3.8, 4) is 6.07 Å². The predicted octanol–water partition coefficient (Wildman–Crippen LogP) is 2.94. The third kappa shape index (κ3) is 4.51. The summed E-state index contributed by atoms with van der Waals surface area (Å²) >= 11 is 6.02. The minimum absolute atomic E-state index is 0.126. The lowest BCUT2D eigenvalue weighted by Gasteiger charge is -2.08. The molecule has 21 heavy (non-hydrogen) atoms. The molecule has 0 aromatic heterocycles. The number of benzene rings is 2. The predicted molar refractivity (Wildman–Crippen MR) is 82.9 cm³/mol. The van der Waals surface area contributed by atoms with Crippen LogP contribution in [0.15, 0.2) is 48.5 Å². The topological polar surface area (TPSA) is 64.9 Å². The first kappa shape index (κ1) is 14.9. The first-order valence-electron chi connectivity index (χ1n) is 6.43. The Morgan fingerprint density at radius 1 is 1.14 bits per heavy atom. The van der Waals surface area contributed by atoms with Gasteiger partial charge < -0.3 is 10.6 Å². The van der Waals surface area contributed by atoms with Crippen LogP contribution in [0.5, 0.6) is 0 Å². The second kappa shape index (κ2) is 7.32. The van der Waals surface area contributed by atoms with Crippen molar-refractivity contribution in [2.45, 2.75) is 6.54 Å². The molecule has 1 amide bonds. The van der Waals surface area contributed by atoms with Crippen molar-refractivity contribution in [3.63, 3.8) is 0 Å². The summed E-state index contributed by atoms with van der Waals surface area (Å²) in [5, 5.41) is 15.1. The molecule has 0 radical (unpaired) electrons. The maximum atomic E-state index is 11.8. The molecule has 0 spiro atoms. The molecule has 0 heterocycles. The van der Waals surface area contributed by atoms with E-state index in [4.69, 9.17) is 16.9 Å². The van der Waals surface area contributed by atoms with Gasteiger partial charge in [0.05, 0.1) is 18.2 Å². The number of rotatable bonds is 5. The van der Waals surface area contributed by atoms with Crippen molar-refractivity contribution in [1.82, 2.24) is 5.32 Å². The van der Waals surface area contributed by atoms with Crippen LogP contribution in [0.3, 0.4) is 0 Å².